The molecule has 0 aliphatic carbocycles. The molecule has 1 aliphatic rings. The van der Waals surface area contributed by atoms with Crippen LogP contribution in [0.1, 0.15) is 62.9 Å². The predicted molar refractivity (Wildman–Crippen MR) is 188 cm³/mol. The summed E-state index contributed by atoms with van der Waals surface area (Å²) in [4.78, 5) is 13.1. The zero-order valence-electron chi connectivity index (χ0n) is 27.3. The number of aliphatic carboxylic acids is 1. The van der Waals surface area contributed by atoms with E-state index in [1.54, 1.807) is 24.3 Å². The molecule has 1 aromatic heterocycles. The molecule has 4 rings (SSSR count). The van der Waals surface area contributed by atoms with Crippen LogP contribution in [0.2, 0.25) is 0 Å². The zero-order valence-corrected chi connectivity index (χ0v) is 30.6. The fraction of sp³-hybridized carbons (Fsp3) is 0.438. The maximum Gasteiger partial charge on any atom is 0.303 e. The van der Waals surface area contributed by atoms with Gasteiger partial charge in [-0.05, 0) is 61.2 Å². The molecule has 1 aliphatic heterocycles. The number of benzene rings is 2. The second kappa shape index (κ2) is 15.3. The third-order valence-electron chi connectivity index (χ3n) is 8.36. The summed E-state index contributed by atoms with van der Waals surface area (Å²) in [5.74, 6) is -0.685. The number of nitrogens with zero attached hydrogens (tertiary/aromatic N) is 3. The molecule has 0 radical (unpaired) electrons. The van der Waals surface area contributed by atoms with Crippen molar-refractivity contribution in [2.75, 3.05) is 31.3 Å². The number of allylic oxidation sites excluding steroid dienone is 3. The lowest BCUT2D eigenvalue weighted by Crippen LogP contribution is -2.35. The predicted octanol–water partition coefficient (Wildman–Crippen LogP) is 5.03. The van der Waals surface area contributed by atoms with Gasteiger partial charge in [0.25, 0.3) is 15.1 Å². The largest absolute Gasteiger partial charge is 0.481 e. The van der Waals surface area contributed by atoms with Crippen molar-refractivity contribution >= 4 is 70.5 Å². The number of anilines is 1. The fourth-order valence-corrected chi connectivity index (χ4v) is 8.91. The Bertz CT molecular complexity index is 1980. The van der Waals surface area contributed by atoms with Gasteiger partial charge in [-0.25, -0.2) is 16.9 Å². The summed E-state index contributed by atoms with van der Waals surface area (Å²) in [6, 6.07) is 9.55. The van der Waals surface area contributed by atoms with Gasteiger partial charge in [0, 0.05) is 68.2 Å². The Morgan fingerprint density at radius 1 is 1.02 bits per heavy atom. The van der Waals surface area contributed by atoms with Gasteiger partial charge in [-0.3, -0.25) is 9.35 Å². The number of carboxylic acids is 1. The molecule has 3 N–H and O–H groups in total. The van der Waals surface area contributed by atoms with Crippen molar-refractivity contribution in [1.82, 2.24) is 4.31 Å². The third kappa shape index (κ3) is 8.59. The summed E-state index contributed by atoms with van der Waals surface area (Å²) in [7, 11) is -5.12. The first-order chi connectivity index (χ1) is 22.4. The fourth-order valence-electron chi connectivity index (χ4n) is 5.81. The Hall–Kier alpha value is -2.99. The summed E-state index contributed by atoms with van der Waals surface area (Å²) in [5, 5.41) is 9.86. The Kier molecular flexibility index (Phi) is 12.0. The van der Waals surface area contributed by atoms with Gasteiger partial charge < -0.3 is 14.6 Å². The summed E-state index contributed by atoms with van der Waals surface area (Å²) in [6.07, 6.45) is 8.97. The molecule has 2 aromatic carbocycles. The SMILES string of the molecule is CN(C)S(=O)(=O)c1ccc2c(c1)sc(/C=C/C=C1/N(CCCCCC(=O)O)c3ccc(S(=O)(=O)O)cc3C1(C)C)[n+]2CCCCS(=O)O. The van der Waals surface area contributed by atoms with Crippen LogP contribution in [0.5, 0.6) is 0 Å². The van der Waals surface area contributed by atoms with E-state index in [0.717, 1.165) is 36.5 Å². The quantitative estimate of drug-likeness (QED) is 0.0783. The number of aromatic nitrogens is 1. The summed E-state index contributed by atoms with van der Waals surface area (Å²) < 4.78 is 83.8. The Morgan fingerprint density at radius 2 is 1.73 bits per heavy atom. The van der Waals surface area contributed by atoms with Crippen molar-refractivity contribution in [3.05, 3.63) is 64.8 Å². The van der Waals surface area contributed by atoms with Crippen LogP contribution < -0.4 is 9.47 Å². The van der Waals surface area contributed by atoms with Crippen molar-refractivity contribution in [3.8, 4) is 0 Å². The second-order valence-corrected chi connectivity index (χ2v) is 18.0. The molecule has 0 bridgehead atoms. The normalized spacial score (nSPS) is 16.4. The first-order valence-electron chi connectivity index (χ1n) is 15.4. The maximum atomic E-state index is 12.8. The van der Waals surface area contributed by atoms with E-state index in [4.69, 9.17) is 5.11 Å². The first kappa shape index (κ1) is 37.8. The highest BCUT2D eigenvalue weighted by Gasteiger charge is 2.40. The number of hydrogen-bond acceptors (Lipinski definition) is 8. The van der Waals surface area contributed by atoms with Gasteiger partial charge in [0.05, 0.1) is 9.79 Å². The van der Waals surface area contributed by atoms with Crippen molar-refractivity contribution in [3.63, 3.8) is 0 Å². The van der Waals surface area contributed by atoms with Crippen LogP contribution in [-0.4, -0.2) is 71.9 Å². The van der Waals surface area contributed by atoms with Crippen LogP contribution in [-0.2, 0) is 48.0 Å². The minimum absolute atomic E-state index is 0.0842. The van der Waals surface area contributed by atoms with Gasteiger partial charge >= 0.3 is 5.97 Å². The second-order valence-electron chi connectivity index (χ2n) is 12.3. The smallest absolute Gasteiger partial charge is 0.303 e. The summed E-state index contributed by atoms with van der Waals surface area (Å²) >= 11 is -0.463. The molecular formula is C32H42N3O9S4+. The van der Waals surface area contributed by atoms with E-state index in [0.29, 0.717) is 45.2 Å². The van der Waals surface area contributed by atoms with Gasteiger partial charge in [0.1, 0.15) is 4.70 Å². The molecule has 0 spiro atoms. The van der Waals surface area contributed by atoms with Gasteiger partial charge in [0.15, 0.2) is 17.6 Å². The Balaban J connectivity index is 1.74. The van der Waals surface area contributed by atoms with E-state index in [-0.39, 0.29) is 22.0 Å². The van der Waals surface area contributed by atoms with Crippen LogP contribution in [0.15, 0.2) is 64.0 Å². The van der Waals surface area contributed by atoms with Gasteiger partial charge in [-0.1, -0.05) is 37.7 Å². The van der Waals surface area contributed by atoms with Gasteiger partial charge in [0.2, 0.25) is 15.5 Å². The number of sulfonamides is 1. The van der Waals surface area contributed by atoms with E-state index in [2.05, 4.69) is 9.47 Å². The van der Waals surface area contributed by atoms with E-state index >= 15 is 0 Å². The van der Waals surface area contributed by atoms with E-state index in [1.807, 2.05) is 32.1 Å². The molecule has 3 aromatic rings. The zero-order chi connectivity index (χ0) is 35.4. The molecule has 1 unspecified atom stereocenters. The standard InChI is InChI=1S/C32H41N3O9S4/c1-32(2)25-21-24(48(42,43)44)15-16-26(25)34(18-7-5-6-13-31(36)37)29(32)11-10-12-30-35(19-8-9-20-46(38)39)27-17-14-23(22-28(27)45-30)47(40,41)33(3)4/h10-12,14-17,21-22H,5-9,13,18-20H2,1-4H3,(H2-,36,37,38,39,42,43,44)/p+1. The topological polar surface area (TPSA) is 173 Å². The van der Waals surface area contributed by atoms with Crippen LogP contribution >= 0.6 is 11.3 Å². The van der Waals surface area contributed by atoms with Crippen molar-refractivity contribution in [2.24, 2.45) is 0 Å². The van der Waals surface area contributed by atoms with Crippen LogP contribution in [0.3, 0.4) is 0 Å². The van der Waals surface area contributed by atoms with Crippen LogP contribution in [0, 0.1) is 0 Å². The summed E-state index contributed by atoms with van der Waals surface area (Å²) in [5.41, 5.74) is 2.61. The highest BCUT2D eigenvalue weighted by molar-refractivity contribution is 7.89. The molecule has 12 nitrogen and oxygen atoms in total. The van der Waals surface area contributed by atoms with Crippen molar-refractivity contribution in [2.45, 2.75) is 74.1 Å². The van der Waals surface area contributed by atoms with Crippen molar-refractivity contribution < 1.29 is 44.6 Å². The number of fused-ring (bicyclic) bond motifs is 2. The molecule has 1 atom stereocenters. The molecular weight excluding hydrogens is 699 g/mol. The first-order valence-corrected chi connectivity index (χ1v) is 20.4. The molecule has 2 heterocycles. The average Bonchev–Trinajstić information content (AvgIpc) is 3.44. The van der Waals surface area contributed by atoms with Crippen molar-refractivity contribution in [1.29, 1.82) is 0 Å². The lowest BCUT2D eigenvalue weighted by atomic mass is 9.83. The Morgan fingerprint density at radius 3 is 2.38 bits per heavy atom. The maximum absolute atomic E-state index is 12.8. The average molecular weight is 741 g/mol. The summed E-state index contributed by atoms with van der Waals surface area (Å²) in [6.45, 7) is 5.06. The van der Waals surface area contributed by atoms with E-state index in [1.165, 1.54) is 37.6 Å². The van der Waals surface area contributed by atoms with Gasteiger partial charge in [-0.2, -0.15) is 13.0 Å². The number of carbonyl (C=O) groups is 1. The minimum Gasteiger partial charge on any atom is -0.481 e. The molecule has 0 saturated heterocycles. The third-order valence-corrected chi connectivity index (χ3v) is 12.8. The number of unbranched alkanes of at least 4 members (excludes halogenated alkanes) is 3. The number of thiazole rings is 1. The Labute approximate surface area is 288 Å². The van der Waals surface area contributed by atoms with E-state index in [9.17, 15) is 34.9 Å². The van der Waals surface area contributed by atoms with Gasteiger partial charge in [-0.15, -0.1) is 0 Å². The molecule has 262 valence electrons. The molecule has 0 amide bonds. The lowest BCUT2D eigenvalue weighted by molar-refractivity contribution is -0.669. The number of hydrogen-bond donors (Lipinski definition) is 3. The molecule has 0 saturated carbocycles. The molecule has 48 heavy (non-hydrogen) atoms. The van der Waals surface area contributed by atoms with Crippen LogP contribution in [0.25, 0.3) is 16.3 Å². The number of aryl methyl sites for hydroxylation is 1. The number of carboxylic acid groups (broad SMARTS) is 1. The highest BCUT2D eigenvalue weighted by Crippen LogP contribution is 2.48. The lowest BCUT2D eigenvalue weighted by Gasteiger charge is -2.27. The van der Waals surface area contributed by atoms with Crippen LogP contribution in [0.4, 0.5) is 5.69 Å². The van der Waals surface area contributed by atoms with E-state index < -0.39 is 42.6 Å². The minimum atomic E-state index is -4.42. The molecule has 0 fully saturated rings. The highest BCUT2D eigenvalue weighted by atomic mass is 32.2. The molecule has 16 heteroatoms. The monoisotopic (exact) mass is 740 g/mol. The number of rotatable bonds is 16.